The van der Waals surface area contributed by atoms with Crippen LogP contribution in [0.25, 0.3) is 16.8 Å². The van der Waals surface area contributed by atoms with E-state index in [-0.39, 0.29) is 0 Å². The van der Waals surface area contributed by atoms with Crippen LogP contribution in [-0.2, 0) is 6.42 Å². The van der Waals surface area contributed by atoms with Crippen LogP contribution in [0.1, 0.15) is 25.6 Å². The largest absolute Gasteiger partial charge is 0.213 e. The van der Waals surface area contributed by atoms with E-state index >= 15 is 0 Å². The Morgan fingerprint density at radius 1 is 1.21 bits per heavy atom. The molecule has 0 bridgehead atoms. The Labute approximate surface area is 112 Å². The van der Waals surface area contributed by atoms with Crippen LogP contribution in [0, 0.1) is 6.33 Å². The van der Waals surface area contributed by atoms with Gasteiger partial charge in [0.15, 0.2) is 5.65 Å². The van der Waals surface area contributed by atoms with Gasteiger partial charge in [0.2, 0.25) is 6.33 Å². The van der Waals surface area contributed by atoms with Crippen molar-refractivity contribution in [1.82, 2.24) is 19.6 Å². The maximum Gasteiger partial charge on any atom is 0.202 e. The zero-order chi connectivity index (χ0) is 13.1. The smallest absolute Gasteiger partial charge is 0.202 e. The summed E-state index contributed by atoms with van der Waals surface area (Å²) < 4.78 is 1.61. The number of rotatable bonds is 4. The number of hydrogen-bond acceptors (Lipinski definition) is 3. The molecular formula is C15H15N4. The number of aromatic nitrogens is 4. The molecule has 0 aliphatic heterocycles. The maximum absolute atomic E-state index is 4.61. The van der Waals surface area contributed by atoms with E-state index in [1.807, 2.05) is 24.4 Å². The molecule has 1 aromatic carbocycles. The van der Waals surface area contributed by atoms with Gasteiger partial charge in [-0.25, -0.2) is 9.97 Å². The van der Waals surface area contributed by atoms with E-state index in [1.165, 1.54) is 0 Å². The van der Waals surface area contributed by atoms with Crippen molar-refractivity contribution in [3.63, 3.8) is 0 Å². The molecule has 2 heterocycles. The van der Waals surface area contributed by atoms with Crippen molar-refractivity contribution in [2.45, 2.75) is 26.2 Å². The monoisotopic (exact) mass is 251 g/mol. The highest BCUT2D eigenvalue weighted by molar-refractivity contribution is 5.76. The second kappa shape index (κ2) is 5.18. The molecule has 0 amide bonds. The third-order valence-electron chi connectivity index (χ3n) is 3.09. The van der Waals surface area contributed by atoms with Crippen LogP contribution in [0.15, 0.2) is 36.5 Å². The van der Waals surface area contributed by atoms with Crippen LogP contribution in [0.2, 0.25) is 0 Å². The predicted octanol–water partition coefficient (Wildman–Crippen LogP) is 2.93. The van der Waals surface area contributed by atoms with Gasteiger partial charge in [0.1, 0.15) is 5.82 Å². The Bertz CT molecular complexity index is 673. The van der Waals surface area contributed by atoms with Crippen LogP contribution < -0.4 is 0 Å². The molecular weight excluding hydrogens is 236 g/mol. The zero-order valence-corrected chi connectivity index (χ0v) is 10.9. The molecule has 19 heavy (non-hydrogen) atoms. The quantitative estimate of drug-likeness (QED) is 0.716. The van der Waals surface area contributed by atoms with Crippen molar-refractivity contribution in [3.8, 4) is 11.1 Å². The van der Waals surface area contributed by atoms with Gasteiger partial charge in [0.25, 0.3) is 0 Å². The third kappa shape index (κ3) is 2.34. The maximum atomic E-state index is 4.61. The second-order valence-electron chi connectivity index (χ2n) is 4.50. The van der Waals surface area contributed by atoms with Gasteiger partial charge in [-0.15, -0.1) is 0 Å². The second-order valence-corrected chi connectivity index (χ2v) is 4.50. The van der Waals surface area contributed by atoms with E-state index in [0.717, 1.165) is 41.9 Å². The van der Waals surface area contributed by atoms with Crippen LogP contribution >= 0.6 is 0 Å². The summed E-state index contributed by atoms with van der Waals surface area (Å²) in [6.45, 7) is 2.16. The molecule has 0 spiro atoms. The van der Waals surface area contributed by atoms with E-state index < -0.39 is 0 Å². The van der Waals surface area contributed by atoms with Crippen LogP contribution in [0.3, 0.4) is 0 Å². The molecule has 0 atom stereocenters. The summed E-state index contributed by atoms with van der Waals surface area (Å²) in [7, 11) is 0. The Morgan fingerprint density at radius 2 is 2.05 bits per heavy atom. The minimum absolute atomic E-state index is 0.826. The summed E-state index contributed by atoms with van der Waals surface area (Å²) in [5.41, 5.74) is 2.97. The Kier molecular flexibility index (Phi) is 3.23. The first-order valence-electron chi connectivity index (χ1n) is 6.56. The van der Waals surface area contributed by atoms with Gasteiger partial charge in [-0.05, 0) is 12.0 Å². The van der Waals surface area contributed by atoms with E-state index in [9.17, 15) is 0 Å². The molecule has 0 N–H and O–H groups in total. The van der Waals surface area contributed by atoms with Gasteiger partial charge < -0.3 is 0 Å². The number of hydrogen-bond donors (Lipinski definition) is 0. The van der Waals surface area contributed by atoms with Crippen molar-refractivity contribution >= 4 is 5.65 Å². The van der Waals surface area contributed by atoms with Gasteiger partial charge in [0.05, 0.1) is 6.20 Å². The average molecular weight is 251 g/mol. The molecule has 4 nitrogen and oxygen atoms in total. The van der Waals surface area contributed by atoms with Gasteiger partial charge >= 0.3 is 0 Å². The fraction of sp³-hybridized carbons (Fsp3) is 0.267. The highest BCUT2D eigenvalue weighted by atomic mass is 15.3. The summed E-state index contributed by atoms with van der Waals surface area (Å²) in [6, 6.07) is 10.2. The topological polar surface area (TPSA) is 43.1 Å². The Hall–Kier alpha value is -2.23. The van der Waals surface area contributed by atoms with Crippen molar-refractivity contribution < 1.29 is 0 Å². The number of benzene rings is 1. The van der Waals surface area contributed by atoms with Gasteiger partial charge in [0, 0.05) is 12.0 Å². The molecule has 0 aliphatic rings. The van der Waals surface area contributed by atoms with Gasteiger partial charge in [-0.2, -0.15) is 9.61 Å². The molecule has 3 aromatic rings. The summed E-state index contributed by atoms with van der Waals surface area (Å²) in [5.74, 6) is 0.840. The SMILES string of the molecule is CCCCc1n[c]n2ncc(-c3ccccc3)c2n1. The Morgan fingerprint density at radius 3 is 2.84 bits per heavy atom. The molecule has 1 radical (unpaired) electrons. The third-order valence-corrected chi connectivity index (χ3v) is 3.09. The van der Waals surface area contributed by atoms with E-state index in [0.29, 0.717) is 0 Å². The molecule has 2 aromatic heterocycles. The zero-order valence-electron chi connectivity index (χ0n) is 10.9. The van der Waals surface area contributed by atoms with Crippen LogP contribution in [0.5, 0.6) is 0 Å². The first-order valence-corrected chi connectivity index (χ1v) is 6.56. The summed E-state index contributed by atoms with van der Waals surface area (Å²) >= 11 is 0. The molecule has 0 unspecified atom stereocenters. The number of unbranched alkanes of at least 4 members (excludes halogenated alkanes) is 1. The first kappa shape index (κ1) is 11.8. The lowest BCUT2D eigenvalue weighted by Crippen LogP contribution is -2.00. The molecule has 0 saturated carbocycles. The average Bonchev–Trinajstić information content (AvgIpc) is 2.89. The molecule has 3 rings (SSSR count). The molecule has 0 saturated heterocycles. The first-order chi connectivity index (χ1) is 9.38. The molecule has 0 fully saturated rings. The van der Waals surface area contributed by atoms with Crippen molar-refractivity contribution in [1.29, 1.82) is 0 Å². The normalized spacial score (nSPS) is 11.0. The van der Waals surface area contributed by atoms with Gasteiger partial charge in [-0.1, -0.05) is 43.7 Å². The lowest BCUT2D eigenvalue weighted by Gasteiger charge is -2.01. The molecule has 95 valence electrons. The fourth-order valence-electron chi connectivity index (χ4n) is 2.04. The number of nitrogens with zero attached hydrogens (tertiary/aromatic N) is 4. The minimum Gasteiger partial charge on any atom is -0.213 e. The minimum atomic E-state index is 0.826. The highest BCUT2D eigenvalue weighted by Crippen LogP contribution is 2.22. The van der Waals surface area contributed by atoms with E-state index in [1.54, 1.807) is 4.52 Å². The highest BCUT2D eigenvalue weighted by Gasteiger charge is 2.09. The van der Waals surface area contributed by atoms with Crippen molar-refractivity contribution in [2.75, 3.05) is 0 Å². The van der Waals surface area contributed by atoms with Gasteiger partial charge in [-0.3, -0.25) is 0 Å². The summed E-state index contributed by atoms with van der Waals surface area (Å²) in [5, 5.41) is 4.25. The standard InChI is InChI=1S/C15H15N4/c1-2-3-9-14-16-11-19-15(18-14)13(10-17-19)12-7-5-4-6-8-12/h4-8,10H,2-3,9H2,1H3. The van der Waals surface area contributed by atoms with Crippen LogP contribution in [0.4, 0.5) is 0 Å². The Balaban J connectivity index is 2.05. The van der Waals surface area contributed by atoms with E-state index in [4.69, 9.17) is 0 Å². The lowest BCUT2D eigenvalue weighted by atomic mass is 10.1. The summed E-state index contributed by atoms with van der Waals surface area (Å²) in [6.07, 6.45) is 7.86. The van der Waals surface area contributed by atoms with E-state index in [2.05, 4.69) is 40.5 Å². The summed E-state index contributed by atoms with van der Waals surface area (Å²) in [4.78, 5) is 8.82. The van der Waals surface area contributed by atoms with Crippen LogP contribution in [-0.4, -0.2) is 19.6 Å². The van der Waals surface area contributed by atoms with Crippen molar-refractivity contribution in [2.24, 2.45) is 0 Å². The molecule has 4 heteroatoms. The van der Waals surface area contributed by atoms with Crippen molar-refractivity contribution in [3.05, 3.63) is 48.7 Å². The lowest BCUT2D eigenvalue weighted by molar-refractivity contribution is 0.736. The fourth-order valence-corrected chi connectivity index (χ4v) is 2.04. The number of fused-ring (bicyclic) bond motifs is 1. The molecule has 0 aliphatic carbocycles. The predicted molar refractivity (Wildman–Crippen MR) is 73.7 cm³/mol. The number of aryl methyl sites for hydroxylation is 1.